The highest BCUT2D eigenvalue weighted by molar-refractivity contribution is 5.74. The molecular weight excluding hydrogens is 166 g/mol. The van der Waals surface area contributed by atoms with Crippen LogP contribution in [-0.2, 0) is 13.1 Å². The van der Waals surface area contributed by atoms with Crippen molar-refractivity contribution in [3.8, 4) is 0 Å². The Bertz CT molecular complexity index is 312. The minimum absolute atomic E-state index is 0.226. The zero-order valence-electron chi connectivity index (χ0n) is 7.16. The molecule has 1 aromatic rings. The maximum Gasteiger partial charge on any atom is 0.332 e. The Balaban J connectivity index is 2.18. The minimum atomic E-state index is -0.226. The van der Waals surface area contributed by atoms with E-state index in [9.17, 15) is 4.79 Å². The molecule has 0 atom stereocenters. The van der Waals surface area contributed by atoms with Gasteiger partial charge in [-0.2, -0.15) is 0 Å². The zero-order chi connectivity index (χ0) is 9.26. The third-order valence-corrected chi connectivity index (χ3v) is 2.25. The van der Waals surface area contributed by atoms with E-state index >= 15 is 0 Å². The molecule has 13 heavy (non-hydrogen) atoms. The topological polar surface area (TPSA) is 58.4 Å². The summed E-state index contributed by atoms with van der Waals surface area (Å²) < 4.78 is 0. The first kappa shape index (κ1) is 8.07. The van der Waals surface area contributed by atoms with Crippen molar-refractivity contribution in [1.29, 1.82) is 0 Å². The Morgan fingerprint density at radius 2 is 1.85 bits per heavy atom. The molecule has 0 aromatic heterocycles. The fourth-order valence-electron chi connectivity index (χ4n) is 1.57. The van der Waals surface area contributed by atoms with Crippen molar-refractivity contribution >= 4 is 6.03 Å². The van der Waals surface area contributed by atoms with Crippen molar-refractivity contribution in [3.63, 3.8) is 0 Å². The lowest BCUT2D eigenvalue weighted by molar-refractivity contribution is 0.199. The number of carbonyl (C=O) groups excluding carboxylic acids is 1. The number of amides is 2. The number of carbonyl (C=O) groups is 1. The van der Waals surface area contributed by atoms with Crippen LogP contribution in [0.4, 0.5) is 4.79 Å². The Labute approximate surface area is 76.3 Å². The first-order chi connectivity index (χ1) is 6.31. The largest absolute Gasteiger partial charge is 0.332 e. The monoisotopic (exact) mass is 177 g/mol. The summed E-state index contributed by atoms with van der Waals surface area (Å²) in [5.74, 6) is 5.05. The molecule has 3 N–H and O–H groups in total. The van der Waals surface area contributed by atoms with Crippen molar-refractivity contribution < 1.29 is 4.79 Å². The van der Waals surface area contributed by atoms with Gasteiger partial charge < -0.3 is 4.90 Å². The van der Waals surface area contributed by atoms with E-state index < -0.39 is 0 Å². The van der Waals surface area contributed by atoms with Crippen LogP contribution in [0.2, 0.25) is 0 Å². The van der Waals surface area contributed by atoms with Crippen LogP contribution in [0.15, 0.2) is 24.3 Å². The van der Waals surface area contributed by atoms with E-state index in [0.717, 1.165) is 0 Å². The molecule has 4 nitrogen and oxygen atoms in total. The molecule has 1 heterocycles. The van der Waals surface area contributed by atoms with Gasteiger partial charge in [0.25, 0.3) is 0 Å². The highest BCUT2D eigenvalue weighted by Gasteiger charge is 2.21. The van der Waals surface area contributed by atoms with E-state index in [0.29, 0.717) is 13.1 Å². The van der Waals surface area contributed by atoms with Crippen LogP contribution >= 0.6 is 0 Å². The molecule has 4 heteroatoms. The molecule has 0 fully saturated rings. The van der Waals surface area contributed by atoms with Gasteiger partial charge in [-0.3, -0.25) is 5.43 Å². The van der Waals surface area contributed by atoms with Crippen LogP contribution in [0.1, 0.15) is 11.1 Å². The average Bonchev–Trinajstić information content (AvgIpc) is 2.59. The summed E-state index contributed by atoms with van der Waals surface area (Å²) in [5, 5.41) is 0. The zero-order valence-corrected chi connectivity index (χ0v) is 7.16. The van der Waals surface area contributed by atoms with E-state index in [-0.39, 0.29) is 6.03 Å². The second kappa shape index (κ2) is 3.06. The van der Waals surface area contributed by atoms with Crippen molar-refractivity contribution in [3.05, 3.63) is 35.4 Å². The molecule has 1 aliphatic rings. The fraction of sp³-hybridized carbons (Fsp3) is 0.222. The lowest BCUT2D eigenvalue weighted by atomic mass is 10.1. The molecule has 2 amide bonds. The molecule has 0 aliphatic carbocycles. The maximum atomic E-state index is 11.2. The van der Waals surface area contributed by atoms with Gasteiger partial charge in [-0.1, -0.05) is 24.3 Å². The van der Waals surface area contributed by atoms with Crippen LogP contribution in [0, 0.1) is 0 Å². The number of nitrogens with two attached hydrogens (primary N) is 1. The minimum Gasteiger partial charge on any atom is -0.315 e. The molecule has 0 unspecified atom stereocenters. The Morgan fingerprint density at radius 3 is 2.31 bits per heavy atom. The third kappa shape index (κ3) is 1.36. The van der Waals surface area contributed by atoms with Crippen molar-refractivity contribution in [1.82, 2.24) is 10.3 Å². The summed E-state index contributed by atoms with van der Waals surface area (Å²) >= 11 is 0. The van der Waals surface area contributed by atoms with Gasteiger partial charge in [-0.25, -0.2) is 10.6 Å². The van der Waals surface area contributed by atoms with Gasteiger partial charge in [0.05, 0.1) is 0 Å². The number of urea groups is 1. The van der Waals surface area contributed by atoms with Crippen molar-refractivity contribution in [2.24, 2.45) is 5.84 Å². The molecule has 68 valence electrons. The van der Waals surface area contributed by atoms with Crippen molar-refractivity contribution in [2.75, 3.05) is 0 Å². The number of hydrogen-bond donors (Lipinski definition) is 2. The summed E-state index contributed by atoms with van der Waals surface area (Å²) in [5.41, 5.74) is 4.53. The van der Waals surface area contributed by atoms with Gasteiger partial charge in [-0.15, -0.1) is 0 Å². The number of fused-ring (bicyclic) bond motifs is 1. The van der Waals surface area contributed by atoms with Gasteiger partial charge in [0, 0.05) is 13.1 Å². The van der Waals surface area contributed by atoms with Gasteiger partial charge in [0.1, 0.15) is 0 Å². The predicted octanol–water partition coefficient (Wildman–Crippen LogP) is 0.585. The van der Waals surface area contributed by atoms with E-state index in [4.69, 9.17) is 5.84 Å². The first-order valence-corrected chi connectivity index (χ1v) is 4.13. The quantitative estimate of drug-likeness (QED) is 0.346. The molecule has 0 saturated carbocycles. The molecule has 0 spiro atoms. The predicted molar refractivity (Wildman–Crippen MR) is 48.4 cm³/mol. The van der Waals surface area contributed by atoms with E-state index in [2.05, 4.69) is 5.43 Å². The normalized spacial score (nSPS) is 14.1. The molecule has 1 aromatic carbocycles. The highest BCUT2D eigenvalue weighted by Crippen LogP contribution is 2.21. The lowest BCUT2D eigenvalue weighted by Crippen LogP contribution is -2.40. The summed E-state index contributed by atoms with van der Waals surface area (Å²) in [6, 6.07) is 7.78. The van der Waals surface area contributed by atoms with E-state index in [1.807, 2.05) is 24.3 Å². The Hall–Kier alpha value is -1.55. The number of hydrogen-bond acceptors (Lipinski definition) is 2. The maximum absolute atomic E-state index is 11.2. The van der Waals surface area contributed by atoms with E-state index in [1.54, 1.807) is 4.90 Å². The summed E-state index contributed by atoms with van der Waals surface area (Å²) in [6.45, 7) is 1.30. The second-order valence-electron chi connectivity index (χ2n) is 3.07. The SMILES string of the molecule is NNC(=O)N1Cc2ccccc2C1. The van der Waals surface area contributed by atoms with Crippen LogP contribution in [0.3, 0.4) is 0 Å². The lowest BCUT2D eigenvalue weighted by Gasteiger charge is -2.13. The molecular formula is C9H11N3O. The van der Waals surface area contributed by atoms with Gasteiger partial charge >= 0.3 is 6.03 Å². The van der Waals surface area contributed by atoms with Crippen LogP contribution < -0.4 is 11.3 Å². The Morgan fingerprint density at radius 1 is 1.31 bits per heavy atom. The summed E-state index contributed by atoms with van der Waals surface area (Å²) in [4.78, 5) is 12.8. The molecule has 1 aliphatic heterocycles. The smallest absolute Gasteiger partial charge is 0.315 e. The molecule has 0 saturated heterocycles. The number of nitrogens with zero attached hydrogens (tertiary/aromatic N) is 1. The Kier molecular flexibility index (Phi) is 1.90. The molecule has 0 bridgehead atoms. The van der Waals surface area contributed by atoms with E-state index in [1.165, 1.54) is 11.1 Å². The number of nitrogens with one attached hydrogen (secondary N) is 1. The fourth-order valence-corrected chi connectivity index (χ4v) is 1.57. The van der Waals surface area contributed by atoms with Gasteiger partial charge in [0.15, 0.2) is 0 Å². The number of rotatable bonds is 0. The second-order valence-corrected chi connectivity index (χ2v) is 3.07. The average molecular weight is 177 g/mol. The molecule has 2 rings (SSSR count). The van der Waals surface area contributed by atoms with Crippen LogP contribution in [0.25, 0.3) is 0 Å². The van der Waals surface area contributed by atoms with Crippen molar-refractivity contribution in [2.45, 2.75) is 13.1 Å². The van der Waals surface area contributed by atoms with Crippen LogP contribution in [-0.4, -0.2) is 10.9 Å². The summed E-state index contributed by atoms with van der Waals surface area (Å²) in [6.07, 6.45) is 0. The van der Waals surface area contributed by atoms with Crippen LogP contribution in [0.5, 0.6) is 0 Å². The van der Waals surface area contributed by atoms with Gasteiger partial charge in [0.2, 0.25) is 0 Å². The third-order valence-electron chi connectivity index (χ3n) is 2.25. The summed E-state index contributed by atoms with van der Waals surface area (Å²) in [7, 11) is 0. The molecule has 0 radical (unpaired) electrons. The highest BCUT2D eigenvalue weighted by atomic mass is 16.2. The van der Waals surface area contributed by atoms with Gasteiger partial charge in [-0.05, 0) is 11.1 Å². The number of benzene rings is 1. The first-order valence-electron chi connectivity index (χ1n) is 4.13. The standard InChI is InChI=1S/C9H11N3O/c10-11-9(13)12-5-7-3-1-2-4-8(7)6-12/h1-4H,5-6,10H2,(H,11,13). The number of hydrazine groups is 1.